The summed E-state index contributed by atoms with van der Waals surface area (Å²) >= 11 is 0. The van der Waals surface area contributed by atoms with Gasteiger partial charge in [0.1, 0.15) is 29.2 Å². The van der Waals surface area contributed by atoms with Gasteiger partial charge in [-0.1, -0.05) is 42.5 Å². The van der Waals surface area contributed by atoms with Gasteiger partial charge in [-0.15, -0.1) is 0 Å². The van der Waals surface area contributed by atoms with E-state index in [1.165, 1.54) is 29.2 Å². The van der Waals surface area contributed by atoms with Crippen molar-refractivity contribution in [3.05, 3.63) is 89.5 Å². The number of benzene rings is 3. The van der Waals surface area contributed by atoms with E-state index in [4.69, 9.17) is 4.74 Å². The lowest BCUT2D eigenvalue weighted by atomic mass is 9.94. The lowest BCUT2D eigenvalue weighted by Crippen LogP contribution is -2.58. The zero-order valence-electron chi connectivity index (χ0n) is 25.3. The average Bonchev–Trinajstić information content (AvgIpc) is 2.88. The van der Waals surface area contributed by atoms with Gasteiger partial charge in [-0.05, 0) is 95.5 Å². The molecule has 3 aromatic rings. The standard InChI is InChI=1S/C33H41N3O6/c1-21-10-8-9-11-26(21)34-29(39)28(23-14-18-25(38)19-15-23)36(32(2,3)4)30(40)27(35-31(41)42-33(5,6)7)20-22-12-16-24(37)17-13-22/h8-19,27-28,37-38H,20H2,1-7H3,(H,34,39)(H,35,41). The molecule has 2 unspecified atom stereocenters. The van der Waals surface area contributed by atoms with Crippen LogP contribution in [0.15, 0.2) is 72.8 Å². The van der Waals surface area contributed by atoms with E-state index >= 15 is 0 Å². The van der Waals surface area contributed by atoms with Crippen LogP contribution in [-0.2, 0) is 20.7 Å². The Morgan fingerprint density at radius 1 is 0.833 bits per heavy atom. The Kier molecular flexibility index (Phi) is 9.88. The molecule has 0 spiro atoms. The van der Waals surface area contributed by atoms with Gasteiger partial charge >= 0.3 is 6.09 Å². The lowest BCUT2D eigenvalue weighted by molar-refractivity contribution is -0.146. The van der Waals surface area contributed by atoms with Crippen LogP contribution in [0.5, 0.6) is 11.5 Å². The molecule has 9 heteroatoms. The lowest BCUT2D eigenvalue weighted by Gasteiger charge is -2.43. The van der Waals surface area contributed by atoms with Crippen molar-refractivity contribution in [2.24, 2.45) is 0 Å². The maximum absolute atomic E-state index is 14.5. The molecule has 0 saturated heterocycles. The number of aromatic hydroxyl groups is 2. The number of carbonyl (C=O) groups is 3. The summed E-state index contributed by atoms with van der Waals surface area (Å²) in [7, 11) is 0. The normalized spacial score (nSPS) is 13.0. The van der Waals surface area contributed by atoms with E-state index in [1.54, 1.807) is 51.1 Å². The molecule has 2 atom stereocenters. The quantitative estimate of drug-likeness (QED) is 0.267. The molecule has 224 valence electrons. The van der Waals surface area contributed by atoms with Crippen LogP contribution in [0, 0.1) is 6.92 Å². The third-order valence-corrected chi connectivity index (χ3v) is 6.44. The van der Waals surface area contributed by atoms with E-state index in [1.807, 2.05) is 45.9 Å². The number of phenols is 2. The fourth-order valence-corrected chi connectivity index (χ4v) is 4.52. The van der Waals surface area contributed by atoms with Crippen LogP contribution >= 0.6 is 0 Å². The number of carbonyl (C=O) groups excluding carboxylic acids is 3. The van der Waals surface area contributed by atoms with Gasteiger partial charge in [-0.2, -0.15) is 0 Å². The maximum Gasteiger partial charge on any atom is 0.408 e. The van der Waals surface area contributed by atoms with Crippen molar-refractivity contribution >= 4 is 23.6 Å². The van der Waals surface area contributed by atoms with E-state index in [9.17, 15) is 24.6 Å². The minimum absolute atomic E-state index is 0.0160. The molecule has 42 heavy (non-hydrogen) atoms. The summed E-state index contributed by atoms with van der Waals surface area (Å²) in [5.41, 5.74) is 0.901. The van der Waals surface area contributed by atoms with Crippen molar-refractivity contribution in [2.75, 3.05) is 5.32 Å². The topological polar surface area (TPSA) is 128 Å². The molecule has 0 radical (unpaired) electrons. The highest BCUT2D eigenvalue weighted by atomic mass is 16.6. The molecular formula is C33H41N3O6. The van der Waals surface area contributed by atoms with E-state index in [-0.39, 0.29) is 17.9 Å². The van der Waals surface area contributed by atoms with E-state index in [0.717, 1.165) is 5.56 Å². The smallest absolute Gasteiger partial charge is 0.408 e. The highest BCUT2D eigenvalue weighted by Crippen LogP contribution is 2.32. The first-order valence-corrected chi connectivity index (χ1v) is 13.8. The molecule has 0 fully saturated rings. The molecule has 0 heterocycles. The molecule has 4 N–H and O–H groups in total. The van der Waals surface area contributed by atoms with E-state index in [0.29, 0.717) is 16.8 Å². The van der Waals surface area contributed by atoms with Crippen LogP contribution in [0.3, 0.4) is 0 Å². The van der Waals surface area contributed by atoms with Gasteiger partial charge in [-0.3, -0.25) is 9.59 Å². The fraction of sp³-hybridized carbons (Fsp3) is 0.364. The predicted octanol–water partition coefficient (Wildman–Crippen LogP) is 5.85. The van der Waals surface area contributed by atoms with Crippen molar-refractivity contribution < 1.29 is 29.3 Å². The zero-order chi connectivity index (χ0) is 31.2. The summed E-state index contributed by atoms with van der Waals surface area (Å²) < 4.78 is 5.47. The van der Waals surface area contributed by atoms with Crippen LogP contribution in [0.1, 0.15) is 64.3 Å². The molecule has 0 saturated carbocycles. The van der Waals surface area contributed by atoms with Crippen LogP contribution in [-0.4, -0.2) is 50.2 Å². The molecule has 3 rings (SSSR count). The number of hydrogen-bond donors (Lipinski definition) is 4. The summed E-state index contributed by atoms with van der Waals surface area (Å²) in [6, 6.07) is 17.5. The van der Waals surface area contributed by atoms with Crippen molar-refractivity contribution in [1.82, 2.24) is 10.2 Å². The Balaban J connectivity index is 2.10. The summed E-state index contributed by atoms with van der Waals surface area (Å²) in [6.45, 7) is 12.5. The number of rotatable bonds is 8. The van der Waals surface area contributed by atoms with Gasteiger partial charge in [0.15, 0.2) is 0 Å². The number of alkyl carbamates (subject to hydrolysis) is 1. The number of hydrogen-bond acceptors (Lipinski definition) is 6. The van der Waals surface area contributed by atoms with Gasteiger partial charge in [0.25, 0.3) is 5.91 Å². The van der Waals surface area contributed by atoms with Gasteiger partial charge in [0.05, 0.1) is 0 Å². The highest BCUT2D eigenvalue weighted by Gasteiger charge is 2.42. The Labute approximate surface area is 247 Å². The van der Waals surface area contributed by atoms with Crippen LogP contribution in [0.25, 0.3) is 0 Å². The number of nitrogens with zero attached hydrogens (tertiary/aromatic N) is 1. The molecule has 0 aromatic heterocycles. The second-order valence-corrected chi connectivity index (χ2v) is 12.2. The Morgan fingerprint density at radius 2 is 1.38 bits per heavy atom. The number of phenolic OH excluding ortho intramolecular Hbond substituents is 2. The van der Waals surface area contributed by atoms with Gasteiger partial charge < -0.3 is 30.5 Å². The molecule has 3 amide bonds. The number of nitrogens with one attached hydrogen (secondary N) is 2. The molecular weight excluding hydrogens is 534 g/mol. The van der Waals surface area contributed by atoms with Gasteiger partial charge in [0, 0.05) is 17.6 Å². The van der Waals surface area contributed by atoms with E-state index < -0.39 is 41.1 Å². The number of para-hydroxylation sites is 1. The first kappa shape index (κ1) is 32.0. The third kappa shape index (κ3) is 8.73. The van der Waals surface area contributed by atoms with Crippen LogP contribution in [0.2, 0.25) is 0 Å². The third-order valence-electron chi connectivity index (χ3n) is 6.44. The van der Waals surface area contributed by atoms with Gasteiger partial charge in [0.2, 0.25) is 5.91 Å². The molecule has 0 aliphatic heterocycles. The zero-order valence-corrected chi connectivity index (χ0v) is 25.3. The minimum atomic E-state index is -1.12. The number of anilines is 1. The first-order chi connectivity index (χ1) is 19.5. The largest absolute Gasteiger partial charge is 0.508 e. The SMILES string of the molecule is Cc1ccccc1NC(=O)C(c1ccc(O)cc1)N(C(=O)C(Cc1ccc(O)cc1)NC(=O)OC(C)(C)C)C(C)(C)C. The van der Waals surface area contributed by atoms with Crippen LogP contribution < -0.4 is 10.6 Å². The Hall–Kier alpha value is -4.53. The summed E-state index contributed by atoms with van der Waals surface area (Å²) in [6.07, 6.45) is -0.703. The van der Waals surface area contributed by atoms with Gasteiger partial charge in [-0.25, -0.2) is 4.79 Å². The Morgan fingerprint density at radius 3 is 1.90 bits per heavy atom. The second-order valence-electron chi connectivity index (χ2n) is 12.2. The van der Waals surface area contributed by atoms with Crippen molar-refractivity contribution in [2.45, 2.75) is 78.1 Å². The first-order valence-electron chi connectivity index (χ1n) is 13.8. The molecule has 0 aliphatic carbocycles. The minimum Gasteiger partial charge on any atom is -0.508 e. The number of aryl methyl sites for hydroxylation is 1. The van der Waals surface area contributed by atoms with Crippen molar-refractivity contribution in [3.63, 3.8) is 0 Å². The number of amides is 3. The van der Waals surface area contributed by atoms with Crippen molar-refractivity contribution in [3.8, 4) is 11.5 Å². The summed E-state index contributed by atoms with van der Waals surface area (Å²) in [4.78, 5) is 43.0. The molecule has 3 aromatic carbocycles. The maximum atomic E-state index is 14.5. The summed E-state index contributed by atoms with van der Waals surface area (Å²) in [5.74, 6) is -0.890. The summed E-state index contributed by atoms with van der Waals surface area (Å²) in [5, 5.41) is 25.4. The fourth-order valence-electron chi connectivity index (χ4n) is 4.52. The Bertz CT molecular complexity index is 1390. The average molecular weight is 576 g/mol. The predicted molar refractivity (Wildman–Crippen MR) is 162 cm³/mol. The van der Waals surface area contributed by atoms with Crippen LogP contribution in [0.4, 0.5) is 10.5 Å². The molecule has 0 bridgehead atoms. The van der Waals surface area contributed by atoms with Crippen molar-refractivity contribution in [1.29, 1.82) is 0 Å². The monoisotopic (exact) mass is 575 g/mol. The number of ether oxygens (including phenoxy) is 1. The molecule has 0 aliphatic rings. The highest BCUT2D eigenvalue weighted by molar-refractivity contribution is 5.99. The second kappa shape index (κ2) is 13.0. The molecule has 9 nitrogen and oxygen atoms in total. The van der Waals surface area contributed by atoms with E-state index in [2.05, 4.69) is 10.6 Å².